The highest BCUT2D eigenvalue weighted by atomic mass is 16.5. The van der Waals surface area contributed by atoms with Gasteiger partial charge >= 0.3 is 6.03 Å². The van der Waals surface area contributed by atoms with Crippen LogP contribution in [0, 0.1) is 0 Å². The maximum absolute atomic E-state index is 12.0. The number of methoxy groups -OCH3 is 1. The lowest BCUT2D eigenvalue weighted by molar-refractivity contribution is 0.252. The number of urea groups is 1. The van der Waals surface area contributed by atoms with Gasteiger partial charge < -0.3 is 25.6 Å². The lowest BCUT2D eigenvalue weighted by atomic mass is 10.3. The molecule has 1 aliphatic rings. The van der Waals surface area contributed by atoms with Gasteiger partial charge in [0.15, 0.2) is 0 Å². The summed E-state index contributed by atoms with van der Waals surface area (Å²) in [4.78, 5) is 22.8. The van der Waals surface area contributed by atoms with Crippen LogP contribution in [0.5, 0.6) is 5.75 Å². The van der Waals surface area contributed by atoms with E-state index in [-0.39, 0.29) is 6.03 Å². The molecular formula is C18H24N6O2. The lowest BCUT2D eigenvalue weighted by Gasteiger charge is -2.16. The molecule has 1 aromatic carbocycles. The fourth-order valence-electron chi connectivity index (χ4n) is 2.84. The van der Waals surface area contributed by atoms with Crippen molar-refractivity contribution in [2.45, 2.75) is 12.8 Å². The molecule has 8 heteroatoms. The number of nitrogens with one attached hydrogen (secondary N) is 3. The molecule has 3 rings (SSSR count). The van der Waals surface area contributed by atoms with Crippen LogP contribution in [0.15, 0.2) is 36.7 Å². The molecule has 2 heterocycles. The number of benzene rings is 1. The fourth-order valence-corrected chi connectivity index (χ4v) is 2.84. The van der Waals surface area contributed by atoms with E-state index in [9.17, 15) is 4.79 Å². The van der Waals surface area contributed by atoms with Crippen LogP contribution in [0.25, 0.3) is 0 Å². The highest BCUT2D eigenvalue weighted by Crippen LogP contribution is 2.22. The van der Waals surface area contributed by atoms with E-state index in [2.05, 4.69) is 30.8 Å². The van der Waals surface area contributed by atoms with E-state index < -0.39 is 0 Å². The Labute approximate surface area is 153 Å². The Morgan fingerprint density at radius 1 is 1.19 bits per heavy atom. The monoisotopic (exact) mass is 356 g/mol. The lowest BCUT2D eigenvalue weighted by Crippen LogP contribution is -2.32. The topological polar surface area (TPSA) is 91.4 Å². The Morgan fingerprint density at radius 3 is 2.81 bits per heavy atom. The standard InChI is InChI=1S/C18H24N6O2/c1-26-15-7-3-2-6-14(15)23-18(25)20-9-8-19-16-12-17(22-13-21-16)24-10-4-5-11-24/h2-3,6-7,12-13H,4-5,8-11H2,1H3,(H,19,21,22)(H2,20,23,25). The van der Waals surface area contributed by atoms with Crippen LogP contribution < -0.4 is 25.6 Å². The Kier molecular flexibility index (Phi) is 6.08. The molecule has 0 saturated carbocycles. The van der Waals surface area contributed by atoms with Crippen LogP contribution in [0.3, 0.4) is 0 Å². The Morgan fingerprint density at radius 2 is 2.00 bits per heavy atom. The fraction of sp³-hybridized carbons (Fsp3) is 0.389. The molecule has 26 heavy (non-hydrogen) atoms. The summed E-state index contributed by atoms with van der Waals surface area (Å²) < 4.78 is 5.21. The molecule has 0 atom stereocenters. The summed E-state index contributed by atoms with van der Waals surface area (Å²) in [6.07, 6.45) is 3.98. The molecule has 0 spiro atoms. The van der Waals surface area contributed by atoms with Crippen molar-refractivity contribution in [3.8, 4) is 5.75 Å². The van der Waals surface area contributed by atoms with Crippen LogP contribution in [-0.2, 0) is 0 Å². The van der Waals surface area contributed by atoms with Gasteiger partial charge in [-0.15, -0.1) is 0 Å². The number of carbonyl (C=O) groups excluding carboxylic acids is 1. The number of hydrogen-bond acceptors (Lipinski definition) is 6. The number of carbonyl (C=O) groups is 1. The molecule has 2 amide bonds. The molecule has 138 valence electrons. The predicted octanol–water partition coefficient (Wildman–Crippen LogP) is 2.32. The third-order valence-corrected chi connectivity index (χ3v) is 4.15. The van der Waals surface area contributed by atoms with Gasteiger partial charge in [-0.1, -0.05) is 12.1 Å². The largest absolute Gasteiger partial charge is 0.495 e. The number of nitrogens with zero attached hydrogens (tertiary/aromatic N) is 3. The van der Waals surface area contributed by atoms with E-state index in [4.69, 9.17) is 4.74 Å². The summed E-state index contributed by atoms with van der Waals surface area (Å²) in [5, 5.41) is 8.78. The van der Waals surface area contributed by atoms with E-state index in [1.165, 1.54) is 12.8 Å². The first-order valence-corrected chi connectivity index (χ1v) is 8.75. The highest BCUT2D eigenvalue weighted by molar-refractivity contribution is 5.90. The molecule has 0 radical (unpaired) electrons. The van der Waals surface area contributed by atoms with Crippen molar-refractivity contribution in [3.63, 3.8) is 0 Å². The highest BCUT2D eigenvalue weighted by Gasteiger charge is 2.13. The van der Waals surface area contributed by atoms with Crippen molar-refractivity contribution in [3.05, 3.63) is 36.7 Å². The zero-order chi connectivity index (χ0) is 18.2. The quantitative estimate of drug-likeness (QED) is 0.660. The Balaban J connectivity index is 1.42. The van der Waals surface area contributed by atoms with Crippen LogP contribution in [0.1, 0.15) is 12.8 Å². The molecule has 8 nitrogen and oxygen atoms in total. The van der Waals surface area contributed by atoms with E-state index in [0.29, 0.717) is 24.5 Å². The van der Waals surface area contributed by atoms with E-state index >= 15 is 0 Å². The van der Waals surface area contributed by atoms with Gasteiger partial charge in [-0.25, -0.2) is 14.8 Å². The number of ether oxygens (including phenoxy) is 1. The Bertz CT molecular complexity index is 733. The van der Waals surface area contributed by atoms with Crippen LogP contribution in [0.4, 0.5) is 22.1 Å². The molecular weight excluding hydrogens is 332 g/mol. The van der Waals surface area contributed by atoms with Crippen molar-refractivity contribution < 1.29 is 9.53 Å². The van der Waals surface area contributed by atoms with Crippen LogP contribution in [0.2, 0.25) is 0 Å². The number of rotatable bonds is 7. The molecule has 0 bridgehead atoms. The molecule has 1 fully saturated rings. The van der Waals surface area contributed by atoms with E-state index in [1.807, 2.05) is 18.2 Å². The average Bonchev–Trinajstić information content (AvgIpc) is 3.21. The number of para-hydroxylation sites is 2. The zero-order valence-electron chi connectivity index (χ0n) is 14.9. The summed E-state index contributed by atoms with van der Waals surface area (Å²) >= 11 is 0. The smallest absolute Gasteiger partial charge is 0.319 e. The minimum Gasteiger partial charge on any atom is -0.495 e. The first kappa shape index (κ1) is 17.8. The van der Waals surface area contributed by atoms with Gasteiger partial charge in [-0.3, -0.25) is 0 Å². The van der Waals surface area contributed by atoms with Crippen molar-refractivity contribution >= 4 is 23.4 Å². The molecule has 1 saturated heterocycles. The van der Waals surface area contributed by atoms with Crippen LogP contribution >= 0.6 is 0 Å². The molecule has 1 aromatic heterocycles. The van der Waals surface area contributed by atoms with Crippen molar-refractivity contribution in [2.75, 3.05) is 48.8 Å². The summed E-state index contributed by atoms with van der Waals surface area (Å²) in [6, 6.07) is 8.94. The maximum atomic E-state index is 12.0. The van der Waals surface area contributed by atoms with E-state index in [1.54, 1.807) is 25.6 Å². The van der Waals surface area contributed by atoms with Gasteiger partial charge in [0, 0.05) is 32.2 Å². The number of amides is 2. The number of aromatic nitrogens is 2. The zero-order valence-corrected chi connectivity index (χ0v) is 14.9. The third kappa shape index (κ3) is 4.75. The predicted molar refractivity (Wildman–Crippen MR) is 102 cm³/mol. The summed E-state index contributed by atoms with van der Waals surface area (Å²) in [5.41, 5.74) is 0.631. The third-order valence-electron chi connectivity index (χ3n) is 4.15. The SMILES string of the molecule is COc1ccccc1NC(=O)NCCNc1cc(N2CCCC2)ncn1. The van der Waals surface area contributed by atoms with Crippen LogP contribution in [-0.4, -0.2) is 49.3 Å². The molecule has 0 aliphatic carbocycles. The maximum Gasteiger partial charge on any atom is 0.319 e. The van der Waals surface area contributed by atoms with Gasteiger partial charge in [-0.2, -0.15) is 0 Å². The second-order valence-electron chi connectivity index (χ2n) is 5.96. The number of anilines is 3. The minimum atomic E-state index is -0.281. The first-order chi connectivity index (χ1) is 12.8. The minimum absolute atomic E-state index is 0.281. The second kappa shape index (κ2) is 8.89. The normalized spacial score (nSPS) is 13.3. The first-order valence-electron chi connectivity index (χ1n) is 8.75. The summed E-state index contributed by atoms with van der Waals surface area (Å²) in [7, 11) is 1.57. The van der Waals surface area contributed by atoms with Gasteiger partial charge in [0.1, 0.15) is 23.7 Å². The van der Waals surface area contributed by atoms with Crippen molar-refractivity contribution in [2.24, 2.45) is 0 Å². The average molecular weight is 356 g/mol. The van der Waals surface area contributed by atoms with Crippen molar-refractivity contribution in [1.82, 2.24) is 15.3 Å². The second-order valence-corrected chi connectivity index (χ2v) is 5.96. The number of hydrogen-bond donors (Lipinski definition) is 3. The van der Waals surface area contributed by atoms with Crippen molar-refractivity contribution in [1.29, 1.82) is 0 Å². The van der Waals surface area contributed by atoms with Gasteiger partial charge in [0.05, 0.1) is 12.8 Å². The van der Waals surface area contributed by atoms with Gasteiger partial charge in [0.2, 0.25) is 0 Å². The molecule has 1 aliphatic heterocycles. The summed E-state index contributed by atoms with van der Waals surface area (Å²) in [6.45, 7) is 3.11. The van der Waals surface area contributed by atoms with Gasteiger partial charge in [-0.05, 0) is 25.0 Å². The van der Waals surface area contributed by atoms with Gasteiger partial charge in [0.25, 0.3) is 0 Å². The summed E-state index contributed by atoms with van der Waals surface area (Å²) in [5.74, 6) is 2.33. The molecule has 2 aromatic rings. The molecule has 0 unspecified atom stereocenters. The van der Waals surface area contributed by atoms with E-state index in [0.717, 1.165) is 24.7 Å². The molecule has 3 N–H and O–H groups in total. The Hall–Kier alpha value is -3.03.